The maximum Gasteiger partial charge on any atom is 0.305 e. The van der Waals surface area contributed by atoms with Crippen molar-refractivity contribution >= 4 is 11.9 Å². The molecule has 1 aliphatic rings. The van der Waals surface area contributed by atoms with E-state index in [9.17, 15) is 9.59 Å². The van der Waals surface area contributed by atoms with Gasteiger partial charge in [0.05, 0.1) is 39.0 Å². The van der Waals surface area contributed by atoms with Crippen molar-refractivity contribution in [3.05, 3.63) is 24.3 Å². The molecule has 0 aliphatic carbocycles. The van der Waals surface area contributed by atoms with Crippen LogP contribution in [0.3, 0.4) is 0 Å². The summed E-state index contributed by atoms with van der Waals surface area (Å²) in [7, 11) is 4.43. The second kappa shape index (κ2) is 32.3. The van der Waals surface area contributed by atoms with Crippen LogP contribution in [0, 0.1) is 11.8 Å². The predicted octanol–water partition coefficient (Wildman–Crippen LogP) is 12.5. The van der Waals surface area contributed by atoms with Gasteiger partial charge in [-0.15, -0.1) is 0 Å². The van der Waals surface area contributed by atoms with Crippen molar-refractivity contribution < 1.29 is 23.5 Å². The number of carbonyl (C=O) groups excluding carboxylic acids is 2. The van der Waals surface area contributed by atoms with Gasteiger partial charge < -0.3 is 14.0 Å². The third-order valence-electron chi connectivity index (χ3n) is 10.3. The molecule has 0 amide bonds. The summed E-state index contributed by atoms with van der Waals surface area (Å²) in [5, 5.41) is 0. The lowest BCUT2D eigenvalue weighted by molar-refractivity contribution is -0.880. The molecule has 1 aliphatic heterocycles. The van der Waals surface area contributed by atoms with Crippen LogP contribution in [0.2, 0.25) is 0 Å². The first-order chi connectivity index (χ1) is 23.9. The van der Waals surface area contributed by atoms with E-state index in [0.29, 0.717) is 26.1 Å². The van der Waals surface area contributed by atoms with Gasteiger partial charge >= 0.3 is 11.9 Å². The average Bonchev–Trinajstić information content (AvgIpc) is 3.39. The summed E-state index contributed by atoms with van der Waals surface area (Å²) in [6, 6.07) is 0. The molecule has 0 unspecified atom stereocenters. The lowest BCUT2D eigenvalue weighted by Crippen LogP contribution is -2.37. The van der Waals surface area contributed by atoms with Gasteiger partial charge in [-0.25, -0.2) is 0 Å². The van der Waals surface area contributed by atoms with Crippen molar-refractivity contribution in [2.75, 3.05) is 40.4 Å². The molecule has 0 aromatic carbocycles. The average molecular weight is 689 g/mol. The van der Waals surface area contributed by atoms with Gasteiger partial charge in [-0.3, -0.25) is 9.59 Å². The highest BCUT2D eigenvalue weighted by molar-refractivity contribution is 5.69. The van der Waals surface area contributed by atoms with Gasteiger partial charge in [0, 0.05) is 12.8 Å². The highest BCUT2D eigenvalue weighted by atomic mass is 16.5. The third-order valence-corrected chi connectivity index (χ3v) is 10.3. The van der Waals surface area contributed by atoms with E-state index in [1.165, 1.54) is 141 Å². The number of hydrogen-bond acceptors (Lipinski definition) is 4. The minimum absolute atomic E-state index is 0.0743. The summed E-state index contributed by atoms with van der Waals surface area (Å²) >= 11 is 0. The molecular weight excluding hydrogens is 606 g/mol. The molecule has 0 spiro atoms. The Kier molecular flexibility index (Phi) is 29.9. The Bertz CT molecular complexity index is 769. The van der Waals surface area contributed by atoms with Gasteiger partial charge in [0.15, 0.2) is 0 Å². The fourth-order valence-corrected chi connectivity index (χ4v) is 7.24. The van der Waals surface area contributed by atoms with Gasteiger partial charge in [0.25, 0.3) is 0 Å². The summed E-state index contributed by atoms with van der Waals surface area (Å²) in [6.45, 7) is 7.35. The van der Waals surface area contributed by atoms with Crippen LogP contribution in [-0.2, 0) is 19.1 Å². The Morgan fingerprint density at radius 3 is 1.08 bits per heavy atom. The van der Waals surface area contributed by atoms with E-state index in [1.807, 2.05) is 0 Å². The normalized spacial score (nSPS) is 17.4. The highest BCUT2D eigenvalue weighted by Gasteiger charge is 2.41. The first-order valence-electron chi connectivity index (χ1n) is 21.3. The first kappa shape index (κ1) is 45.4. The molecule has 0 radical (unpaired) electrons. The number of ether oxygens (including phenoxy) is 2. The molecule has 5 nitrogen and oxygen atoms in total. The summed E-state index contributed by atoms with van der Waals surface area (Å²) in [6.07, 6.45) is 43.1. The molecule has 0 N–H and O–H groups in total. The van der Waals surface area contributed by atoms with E-state index in [2.05, 4.69) is 52.2 Å². The molecule has 1 rings (SSSR count). The molecule has 0 aromatic heterocycles. The van der Waals surface area contributed by atoms with Gasteiger partial charge in [0.1, 0.15) is 13.2 Å². The van der Waals surface area contributed by atoms with Crippen LogP contribution in [0.1, 0.15) is 194 Å². The van der Waals surface area contributed by atoms with E-state index in [4.69, 9.17) is 9.47 Å². The van der Waals surface area contributed by atoms with Crippen LogP contribution < -0.4 is 0 Å². The molecule has 5 heteroatoms. The standard InChI is InChI=1S/C44H82NO4/c1-5-7-9-11-13-15-17-19-21-23-25-27-29-31-33-35-43(46)48-39-41-37-45(3,4)38-42(41)40-49-44(47)36-34-32-30-28-26-24-22-20-18-16-14-12-10-8-6-2/h19-22,41-42H,5-18,23-40H2,1-4H3/q+1/t41-,42-/m0/s1. The molecule has 1 saturated heterocycles. The van der Waals surface area contributed by atoms with Crippen molar-refractivity contribution in [2.24, 2.45) is 11.8 Å². The molecule has 0 bridgehead atoms. The Morgan fingerprint density at radius 1 is 0.469 bits per heavy atom. The quantitative estimate of drug-likeness (QED) is 0.0292. The number of nitrogens with zero attached hydrogens (tertiary/aromatic N) is 1. The number of hydrogen-bond donors (Lipinski definition) is 0. The number of allylic oxidation sites excluding steroid dienone is 4. The number of unbranched alkanes of at least 4 members (excludes halogenated alkanes) is 22. The molecule has 0 aromatic rings. The minimum atomic E-state index is -0.0743. The molecule has 0 saturated carbocycles. The highest BCUT2D eigenvalue weighted by Crippen LogP contribution is 2.28. The van der Waals surface area contributed by atoms with Gasteiger partial charge in [-0.05, 0) is 64.2 Å². The lowest BCUT2D eigenvalue weighted by Gasteiger charge is -2.23. The fraction of sp³-hybridized carbons (Fsp3) is 0.864. The van der Waals surface area contributed by atoms with Crippen LogP contribution in [0.5, 0.6) is 0 Å². The SMILES string of the molecule is CCCCCCCCC=CCCCCCCCC(=O)OC[C@@H]1C[N+](C)(C)C[C@H]1COC(=O)CCCCCCCC=CCCCCCCCC. The van der Waals surface area contributed by atoms with Crippen molar-refractivity contribution in [3.63, 3.8) is 0 Å². The zero-order valence-corrected chi connectivity index (χ0v) is 33.2. The second-order valence-corrected chi connectivity index (χ2v) is 15.9. The van der Waals surface area contributed by atoms with E-state index in [-0.39, 0.29) is 23.8 Å². The Balaban J connectivity index is 2.04. The van der Waals surface area contributed by atoms with Gasteiger partial charge in [-0.2, -0.15) is 0 Å². The number of esters is 2. The number of rotatable bonds is 34. The minimum Gasteiger partial charge on any atom is -0.465 e. The maximum atomic E-state index is 12.5. The molecule has 1 heterocycles. The molecule has 2 atom stereocenters. The second-order valence-electron chi connectivity index (χ2n) is 15.9. The predicted molar refractivity (Wildman–Crippen MR) is 210 cm³/mol. The van der Waals surface area contributed by atoms with Gasteiger partial charge in [-0.1, -0.05) is 141 Å². The van der Waals surface area contributed by atoms with Gasteiger partial charge in [0.2, 0.25) is 0 Å². The Labute approximate surface area is 305 Å². The van der Waals surface area contributed by atoms with Crippen LogP contribution in [0.4, 0.5) is 0 Å². The van der Waals surface area contributed by atoms with E-state index < -0.39 is 0 Å². The topological polar surface area (TPSA) is 52.6 Å². The van der Waals surface area contributed by atoms with E-state index in [1.54, 1.807) is 0 Å². The number of quaternary nitrogens is 1. The summed E-state index contributed by atoms with van der Waals surface area (Å²) in [5.41, 5.74) is 0. The van der Waals surface area contributed by atoms with E-state index >= 15 is 0 Å². The smallest absolute Gasteiger partial charge is 0.305 e. The lowest BCUT2D eigenvalue weighted by atomic mass is 9.98. The largest absolute Gasteiger partial charge is 0.465 e. The summed E-state index contributed by atoms with van der Waals surface area (Å²) in [4.78, 5) is 24.9. The molecule has 286 valence electrons. The van der Waals surface area contributed by atoms with Crippen molar-refractivity contribution in [1.29, 1.82) is 0 Å². The van der Waals surface area contributed by atoms with Crippen LogP contribution in [-0.4, -0.2) is 56.8 Å². The third kappa shape index (κ3) is 28.7. The monoisotopic (exact) mass is 689 g/mol. The van der Waals surface area contributed by atoms with Crippen LogP contribution in [0.25, 0.3) is 0 Å². The molecule has 49 heavy (non-hydrogen) atoms. The molecule has 1 fully saturated rings. The maximum absolute atomic E-state index is 12.5. The zero-order valence-electron chi connectivity index (χ0n) is 33.2. The Hall–Kier alpha value is -1.62. The number of carbonyl (C=O) groups is 2. The van der Waals surface area contributed by atoms with E-state index in [0.717, 1.165) is 43.3 Å². The molecular formula is C44H82NO4+. The Morgan fingerprint density at radius 2 is 0.755 bits per heavy atom. The summed E-state index contributed by atoms with van der Waals surface area (Å²) in [5.74, 6) is 0.353. The number of likely N-dealkylation sites (tertiary alicyclic amines) is 1. The van der Waals surface area contributed by atoms with Crippen LogP contribution in [0.15, 0.2) is 24.3 Å². The van der Waals surface area contributed by atoms with Crippen LogP contribution >= 0.6 is 0 Å². The zero-order chi connectivity index (χ0) is 35.7. The van der Waals surface area contributed by atoms with Crippen molar-refractivity contribution in [1.82, 2.24) is 0 Å². The van der Waals surface area contributed by atoms with Crippen molar-refractivity contribution in [3.8, 4) is 0 Å². The van der Waals surface area contributed by atoms with Crippen molar-refractivity contribution in [2.45, 2.75) is 194 Å². The summed E-state index contributed by atoms with van der Waals surface area (Å²) < 4.78 is 12.3. The first-order valence-corrected chi connectivity index (χ1v) is 21.3. The fourth-order valence-electron chi connectivity index (χ4n) is 7.24.